The molecule has 0 heterocycles. The molecule has 0 bridgehead atoms. The molecule has 2 unspecified atom stereocenters. The molecule has 1 aromatic carbocycles. The van der Waals surface area contributed by atoms with Crippen LogP contribution in [-0.4, -0.2) is 23.5 Å². The number of nitrogens with one attached hydrogen (secondary N) is 1. The molecule has 22 heavy (non-hydrogen) atoms. The van der Waals surface area contributed by atoms with Gasteiger partial charge in [0.25, 0.3) is 0 Å². The monoisotopic (exact) mass is 301 g/mol. The summed E-state index contributed by atoms with van der Waals surface area (Å²) in [5.74, 6) is -1.72. The van der Waals surface area contributed by atoms with Gasteiger partial charge in [-0.3, -0.25) is 9.59 Å². The molecule has 2 aliphatic rings. The number of amides is 1. The lowest BCUT2D eigenvalue weighted by molar-refractivity contribution is -0.152. The van der Waals surface area contributed by atoms with Gasteiger partial charge in [-0.25, -0.2) is 0 Å². The molecule has 3 rings (SSSR count). The molecule has 0 radical (unpaired) electrons. The van der Waals surface area contributed by atoms with E-state index < -0.39 is 11.9 Å². The van der Waals surface area contributed by atoms with Crippen LogP contribution in [0.1, 0.15) is 37.7 Å². The van der Waals surface area contributed by atoms with Crippen molar-refractivity contribution in [1.29, 1.82) is 0 Å². The molecular weight excluding hydrogens is 278 g/mol. The van der Waals surface area contributed by atoms with Gasteiger partial charge in [0, 0.05) is 6.54 Å². The number of benzene rings is 1. The van der Waals surface area contributed by atoms with Crippen LogP contribution in [0.5, 0.6) is 0 Å². The first-order chi connectivity index (χ1) is 10.6. The normalized spacial score (nSPS) is 25.6. The fraction of sp³-hybridized carbons (Fsp3) is 0.556. The summed E-state index contributed by atoms with van der Waals surface area (Å²) in [6, 6.07) is 10.4. The maximum atomic E-state index is 12.2. The van der Waals surface area contributed by atoms with Gasteiger partial charge in [-0.2, -0.15) is 0 Å². The predicted octanol–water partition coefficient (Wildman–Crippen LogP) is 2.63. The summed E-state index contributed by atoms with van der Waals surface area (Å²) in [5.41, 5.74) is 1.47. The minimum absolute atomic E-state index is 0.0713. The van der Waals surface area contributed by atoms with Crippen molar-refractivity contribution >= 4 is 11.9 Å². The van der Waals surface area contributed by atoms with Gasteiger partial charge in [0.2, 0.25) is 5.91 Å². The van der Waals surface area contributed by atoms with Crippen LogP contribution < -0.4 is 5.32 Å². The first-order valence-electron chi connectivity index (χ1n) is 8.14. The lowest BCUT2D eigenvalue weighted by atomic mass is 9.65. The smallest absolute Gasteiger partial charge is 0.307 e. The number of carboxylic acid groups (broad SMARTS) is 1. The third-order valence-corrected chi connectivity index (χ3v) is 5.40. The van der Waals surface area contributed by atoms with Crippen molar-refractivity contribution in [2.24, 2.45) is 17.3 Å². The Morgan fingerprint density at radius 2 is 1.82 bits per heavy atom. The van der Waals surface area contributed by atoms with Gasteiger partial charge in [-0.1, -0.05) is 36.8 Å². The third kappa shape index (κ3) is 3.01. The molecule has 2 atom stereocenters. The Bertz CT molecular complexity index is 551. The minimum Gasteiger partial charge on any atom is -0.481 e. The van der Waals surface area contributed by atoms with Crippen LogP contribution in [-0.2, 0) is 16.0 Å². The van der Waals surface area contributed by atoms with Gasteiger partial charge in [0.1, 0.15) is 0 Å². The van der Waals surface area contributed by atoms with E-state index in [-0.39, 0.29) is 17.2 Å². The molecular formula is C18H23NO3. The molecule has 0 saturated heterocycles. The fourth-order valence-corrected chi connectivity index (χ4v) is 3.64. The highest BCUT2D eigenvalue weighted by atomic mass is 16.4. The molecule has 118 valence electrons. The van der Waals surface area contributed by atoms with Crippen LogP contribution >= 0.6 is 0 Å². The van der Waals surface area contributed by atoms with Crippen molar-refractivity contribution in [2.45, 2.75) is 38.5 Å². The Hall–Kier alpha value is -1.84. The van der Waals surface area contributed by atoms with Gasteiger partial charge in [0.15, 0.2) is 0 Å². The van der Waals surface area contributed by atoms with E-state index in [0.717, 1.165) is 19.3 Å². The zero-order valence-electron chi connectivity index (χ0n) is 12.8. The van der Waals surface area contributed by atoms with E-state index in [1.807, 2.05) is 18.2 Å². The molecule has 2 fully saturated rings. The topological polar surface area (TPSA) is 66.4 Å². The second-order valence-electron chi connectivity index (χ2n) is 6.86. The number of hydrogen-bond acceptors (Lipinski definition) is 2. The maximum absolute atomic E-state index is 12.2. The minimum atomic E-state index is -0.839. The van der Waals surface area contributed by atoms with Crippen LogP contribution in [0.3, 0.4) is 0 Å². The summed E-state index contributed by atoms with van der Waals surface area (Å²) in [7, 11) is 0. The number of carboxylic acids is 1. The Morgan fingerprint density at radius 3 is 2.32 bits per heavy atom. The van der Waals surface area contributed by atoms with E-state index in [1.165, 1.54) is 12.0 Å². The summed E-state index contributed by atoms with van der Waals surface area (Å²) < 4.78 is 0. The summed E-state index contributed by atoms with van der Waals surface area (Å²) in [5, 5.41) is 12.1. The van der Waals surface area contributed by atoms with Gasteiger partial charge in [-0.15, -0.1) is 0 Å². The Balaban J connectivity index is 1.55. The number of carbonyl (C=O) groups excluding carboxylic acids is 1. The molecule has 1 amide bonds. The Kier molecular flexibility index (Phi) is 4.19. The number of hydrogen-bond donors (Lipinski definition) is 2. The third-order valence-electron chi connectivity index (χ3n) is 5.40. The molecule has 4 heteroatoms. The average Bonchev–Trinajstić information content (AvgIpc) is 2.41. The predicted molar refractivity (Wildman–Crippen MR) is 83.3 cm³/mol. The summed E-state index contributed by atoms with van der Waals surface area (Å²) in [4.78, 5) is 23.2. The van der Waals surface area contributed by atoms with E-state index in [4.69, 9.17) is 5.11 Å². The van der Waals surface area contributed by atoms with Gasteiger partial charge in [-0.05, 0) is 43.1 Å². The van der Waals surface area contributed by atoms with Gasteiger partial charge in [0.05, 0.1) is 11.8 Å². The van der Waals surface area contributed by atoms with Crippen LogP contribution in [0, 0.1) is 17.3 Å². The fourth-order valence-electron chi connectivity index (χ4n) is 3.64. The highest BCUT2D eigenvalue weighted by Crippen LogP contribution is 2.43. The zero-order valence-corrected chi connectivity index (χ0v) is 12.8. The highest BCUT2D eigenvalue weighted by molar-refractivity contribution is 5.86. The quantitative estimate of drug-likeness (QED) is 0.849. The lowest BCUT2D eigenvalue weighted by Crippen LogP contribution is -2.49. The van der Waals surface area contributed by atoms with E-state index in [1.54, 1.807) is 0 Å². The maximum Gasteiger partial charge on any atom is 0.307 e. The van der Waals surface area contributed by atoms with Gasteiger partial charge >= 0.3 is 5.97 Å². The molecule has 0 aliphatic heterocycles. The van der Waals surface area contributed by atoms with Gasteiger partial charge < -0.3 is 10.4 Å². The van der Waals surface area contributed by atoms with E-state index in [0.29, 0.717) is 19.4 Å². The highest BCUT2D eigenvalue weighted by Gasteiger charge is 2.43. The lowest BCUT2D eigenvalue weighted by Gasteiger charge is -2.43. The molecule has 0 spiro atoms. The summed E-state index contributed by atoms with van der Waals surface area (Å²) >= 11 is 0. The Morgan fingerprint density at radius 1 is 1.14 bits per heavy atom. The standard InChI is InChI=1S/C18H23NO3/c20-16(14-7-8-15(14)17(21)22)19-12-18(9-4-10-18)11-13-5-2-1-3-6-13/h1-3,5-6,14-15H,4,7-12H2,(H,19,20)(H,21,22). The first kappa shape index (κ1) is 15.1. The summed E-state index contributed by atoms with van der Waals surface area (Å²) in [6.45, 7) is 0.670. The van der Waals surface area contributed by atoms with Crippen molar-refractivity contribution in [3.8, 4) is 0 Å². The summed E-state index contributed by atoms with van der Waals surface area (Å²) in [6.07, 6.45) is 5.80. The zero-order chi connectivity index (χ0) is 15.6. The second kappa shape index (κ2) is 6.11. The molecule has 1 aromatic rings. The largest absolute Gasteiger partial charge is 0.481 e. The van der Waals surface area contributed by atoms with Crippen LogP contribution in [0.25, 0.3) is 0 Å². The Labute approximate surface area is 130 Å². The molecule has 2 saturated carbocycles. The van der Waals surface area contributed by atoms with Crippen molar-refractivity contribution in [2.75, 3.05) is 6.54 Å². The van der Waals surface area contributed by atoms with Crippen molar-refractivity contribution in [3.05, 3.63) is 35.9 Å². The van der Waals surface area contributed by atoms with Crippen LogP contribution in [0.4, 0.5) is 0 Å². The molecule has 2 aliphatic carbocycles. The van der Waals surface area contributed by atoms with E-state index in [9.17, 15) is 9.59 Å². The van der Waals surface area contributed by atoms with Crippen LogP contribution in [0.2, 0.25) is 0 Å². The number of carbonyl (C=O) groups is 2. The number of aliphatic carboxylic acids is 1. The number of rotatable bonds is 6. The van der Waals surface area contributed by atoms with Crippen LogP contribution in [0.15, 0.2) is 30.3 Å². The average molecular weight is 301 g/mol. The molecule has 4 nitrogen and oxygen atoms in total. The second-order valence-corrected chi connectivity index (χ2v) is 6.86. The molecule has 2 N–H and O–H groups in total. The van der Waals surface area contributed by atoms with Crippen molar-refractivity contribution in [1.82, 2.24) is 5.32 Å². The van der Waals surface area contributed by atoms with E-state index in [2.05, 4.69) is 17.4 Å². The van der Waals surface area contributed by atoms with Crippen molar-refractivity contribution in [3.63, 3.8) is 0 Å². The first-order valence-corrected chi connectivity index (χ1v) is 8.14. The SMILES string of the molecule is O=C(O)C1CCC1C(=O)NCC1(Cc2ccccc2)CCC1. The van der Waals surface area contributed by atoms with Crippen molar-refractivity contribution < 1.29 is 14.7 Å². The van der Waals surface area contributed by atoms with E-state index >= 15 is 0 Å². The molecule has 0 aromatic heterocycles.